The van der Waals surface area contributed by atoms with Crippen LogP contribution in [0.15, 0.2) is 36.7 Å². The molecule has 1 aromatic carbocycles. The van der Waals surface area contributed by atoms with Crippen LogP contribution in [0.25, 0.3) is 11.4 Å². The number of imidazole rings is 1. The summed E-state index contributed by atoms with van der Waals surface area (Å²) in [7, 11) is 2.01. The Hall–Kier alpha value is -2.74. The van der Waals surface area contributed by atoms with Crippen molar-refractivity contribution in [2.24, 2.45) is 7.05 Å². The van der Waals surface area contributed by atoms with Gasteiger partial charge in [0.25, 0.3) is 0 Å². The van der Waals surface area contributed by atoms with Crippen molar-refractivity contribution in [1.29, 1.82) is 0 Å². The van der Waals surface area contributed by atoms with Crippen LogP contribution >= 0.6 is 0 Å². The Kier molecular flexibility index (Phi) is 4.66. The second-order valence-electron chi connectivity index (χ2n) is 7.06. The monoisotopic (exact) mass is 387 g/mol. The Balaban J connectivity index is 1.50. The number of nitrogens with zero attached hydrogens (tertiary/aromatic N) is 5. The standard InChI is InChI=1S/C20H20F3N5/c1-13-24-10-17(27(13)2)12-28-8-7-18-15(11-28)9-25-19(26-18)14-3-5-16(6-4-14)20(21,22)23/h3-6,9-10H,7-8,11-12H2,1-2H3. The number of alkyl halides is 3. The molecule has 0 amide bonds. The van der Waals surface area contributed by atoms with Gasteiger partial charge in [0.1, 0.15) is 5.82 Å². The molecular weight excluding hydrogens is 367 g/mol. The first-order valence-corrected chi connectivity index (χ1v) is 9.03. The Morgan fingerprint density at radius 3 is 2.46 bits per heavy atom. The molecule has 2 aromatic heterocycles. The van der Waals surface area contributed by atoms with E-state index in [0.29, 0.717) is 11.4 Å². The molecule has 5 nitrogen and oxygen atoms in total. The first-order valence-electron chi connectivity index (χ1n) is 9.03. The lowest BCUT2D eigenvalue weighted by atomic mass is 10.1. The second-order valence-corrected chi connectivity index (χ2v) is 7.06. The minimum atomic E-state index is -4.34. The van der Waals surface area contributed by atoms with E-state index in [1.807, 2.05) is 20.2 Å². The molecule has 4 rings (SSSR count). The number of aryl methyl sites for hydroxylation is 1. The Bertz CT molecular complexity index is 992. The van der Waals surface area contributed by atoms with E-state index in [1.165, 1.54) is 12.1 Å². The second kappa shape index (κ2) is 7.01. The molecule has 0 atom stereocenters. The number of rotatable bonds is 3. The summed E-state index contributed by atoms with van der Waals surface area (Å²) < 4.78 is 40.3. The van der Waals surface area contributed by atoms with E-state index < -0.39 is 11.7 Å². The molecule has 3 aromatic rings. The molecule has 0 fully saturated rings. The molecule has 146 valence electrons. The van der Waals surface area contributed by atoms with E-state index in [4.69, 9.17) is 0 Å². The third kappa shape index (κ3) is 3.64. The highest BCUT2D eigenvalue weighted by Gasteiger charge is 2.30. The van der Waals surface area contributed by atoms with Crippen LogP contribution < -0.4 is 0 Å². The van der Waals surface area contributed by atoms with Crippen LogP contribution in [0.1, 0.15) is 28.3 Å². The van der Waals surface area contributed by atoms with Crippen molar-refractivity contribution < 1.29 is 13.2 Å². The minimum Gasteiger partial charge on any atom is -0.334 e. The Labute approximate surface area is 160 Å². The van der Waals surface area contributed by atoms with Crippen molar-refractivity contribution in [2.75, 3.05) is 6.54 Å². The van der Waals surface area contributed by atoms with Gasteiger partial charge in [-0.3, -0.25) is 4.90 Å². The number of hydrogen-bond acceptors (Lipinski definition) is 4. The van der Waals surface area contributed by atoms with Crippen molar-refractivity contribution in [3.8, 4) is 11.4 Å². The fourth-order valence-electron chi connectivity index (χ4n) is 3.38. The third-order valence-electron chi connectivity index (χ3n) is 5.19. The summed E-state index contributed by atoms with van der Waals surface area (Å²) in [5.74, 6) is 1.44. The fraction of sp³-hybridized carbons (Fsp3) is 0.350. The molecule has 0 N–H and O–H groups in total. The van der Waals surface area contributed by atoms with Gasteiger partial charge in [0.2, 0.25) is 0 Å². The number of hydrogen-bond donors (Lipinski definition) is 0. The van der Waals surface area contributed by atoms with Crippen molar-refractivity contribution >= 4 is 0 Å². The van der Waals surface area contributed by atoms with Gasteiger partial charge in [0.15, 0.2) is 5.82 Å². The van der Waals surface area contributed by atoms with Crippen molar-refractivity contribution in [3.05, 3.63) is 65.0 Å². The fourth-order valence-corrected chi connectivity index (χ4v) is 3.38. The maximum absolute atomic E-state index is 12.7. The van der Waals surface area contributed by atoms with Crippen LogP contribution in [0.4, 0.5) is 13.2 Å². The van der Waals surface area contributed by atoms with Crippen molar-refractivity contribution in [3.63, 3.8) is 0 Å². The summed E-state index contributed by atoms with van der Waals surface area (Å²) >= 11 is 0. The van der Waals surface area contributed by atoms with E-state index in [2.05, 4.69) is 24.4 Å². The number of fused-ring (bicyclic) bond motifs is 1. The maximum Gasteiger partial charge on any atom is 0.416 e. The molecule has 1 aliphatic heterocycles. The van der Waals surface area contributed by atoms with Gasteiger partial charge in [-0.05, 0) is 19.1 Å². The summed E-state index contributed by atoms with van der Waals surface area (Å²) in [6, 6.07) is 4.97. The average Bonchev–Trinajstić information content (AvgIpc) is 2.99. The summed E-state index contributed by atoms with van der Waals surface area (Å²) in [6.07, 6.45) is 0.123. The molecule has 8 heteroatoms. The summed E-state index contributed by atoms with van der Waals surface area (Å²) in [4.78, 5) is 15.6. The van der Waals surface area contributed by atoms with Gasteiger partial charge in [0, 0.05) is 56.6 Å². The highest BCUT2D eigenvalue weighted by atomic mass is 19.4. The van der Waals surface area contributed by atoms with E-state index in [-0.39, 0.29) is 0 Å². The summed E-state index contributed by atoms with van der Waals surface area (Å²) in [5.41, 5.74) is 3.09. The molecule has 0 saturated heterocycles. The van der Waals surface area contributed by atoms with Crippen molar-refractivity contribution in [1.82, 2.24) is 24.4 Å². The van der Waals surface area contributed by atoms with Gasteiger partial charge in [-0.15, -0.1) is 0 Å². The molecule has 28 heavy (non-hydrogen) atoms. The molecule has 0 saturated carbocycles. The largest absolute Gasteiger partial charge is 0.416 e. The molecule has 3 heterocycles. The van der Waals surface area contributed by atoms with Crippen molar-refractivity contribution in [2.45, 2.75) is 32.6 Å². The molecule has 1 aliphatic rings. The van der Waals surface area contributed by atoms with Crippen LogP contribution in [0.5, 0.6) is 0 Å². The molecule has 0 aliphatic carbocycles. The lowest BCUT2D eigenvalue weighted by molar-refractivity contribution is -0.137. The van der Waals surface area contributed by atoms with E-state index >= 15 is 0 Å². The van der Waals surface area contributed by atoms with Gasteiger partial charge in [-0.1, -0.05) is 12.1 Å². The SMILES string of the molecule is Cc1ncc(CN2CCc3nc(-c4ccc(C(F)(F)F)cc4)ncc3C2)n1C. The van der Waals surface area contributed by atoms with E-state index in [1.54, 1.807) is 6.20 Å². The lowest BCUT2D eigenvalue weighted by Crippen LogP contribution is -2.31. The molecule has 0 radical (unpaired) electrons. The Morgan fingerprint density at radius 1 is 1.07 bits per heavy atom. The van der Waals surface area contributed by atoms with Crippen LogP contribution in [0.3, 0.4) is 0 Å². The molecular formula is C20H20F3N5. The van der Waals surface area contributed by atoms with Gasteiger partial charge < -0.3 is 4.57 Å². The average molecular weight is 387 g/mol. The van der Waals surface area contributed by atoms with Crippen LogP contribution in [0, 0.1) is 6.92 Å². The predicted molar refractivity (Wildman–Crippen MR) is 98.2 cm³/mol. The molecule has 0 spiro atoms. The highest BCUT2D eigenvalue weighted by molar-refractivity contribution is 5.56. The quantitative estimate of drug-likeness (QED) is 0.687. The van der Waals surface area contributed by atoms with E-state index in [0.717, 1.165) is 61.0 Å². The molecule has 0 bridgehead atoms. The summed E-state index contributed by atoms with van der Waals surface area (Å²) in [6.45, 7) is 4.39. The summed E-state index contributed by atoms with van der Waals surface area (Å²) in [5, 5.41) is 0. The number of benzene rings is 1. The lowest BCUT2D eigenvalue weighted by Gasteiger charge is -2.28. The van der Waals surface area contributed by atoms with Gasteiger partial charge >= 0.3 is 6.18 Å². The normalized spacial score (nSPS) is 14.9. The zero-order chi connectivity index (χ0) is 19.9. The number of halogens is 3. The van der Waals surface area contributed by atoms with Crippen LogP contribution in [-0.4, -0.2) is 31.0 Å². The smallest absolute Gasteiger partial charge is 0.334 e. The van der Waals surface area contributed by atoms with Gasteiger partial charge in [-0.2, -0.15) is 13.2 Å². The molecule has 0 unspecified atom stereocenters. The predicted octanol–water partition coefficient (Wildman–Crippen LogP) is 3.76. The first-order chi connectivity index (χ1) is 13.3. The minimum absolute atomic E-state index is 0.461. The Morgan fingerprint density at radius 2 is 1.82 bits per heavy atom. The van der Waals surface area contributed by atoms with E-state index in [9.17, 15) is 13.2 Å². The van der Waals surface area contributed by atoms with Crippen LogP contribution in [0.2, 0.25) is 0 Å². The number of aromatic nitrogens is 4. The van der Waals surface area contributed by atoms with Gasteiger partial charge in [0.05, 0.1) is 17.0 Å². The van der Waals surface area contributed by atoms with Crippen LogP contribution in [-0.2, 0) is 32.7 Å². The topological polar surface area (TPSA) is 46.8 Å². The highest BCUT2D eigenvalue weighted by Crippen LogP contribution is 2.30. The zero-order valence-corrected chi connectivity index (χ0v) is 15.7. The first kappa shape index (κ1) is 18.6. The zero-order valence-electron chi connectivity index (χ0n) is 15.7. The maximum atomic E-state index is 12.7. The van der Waals surface area contributed by atoms with Gasteiger partial charge in [-0.25, -0.2) is 15.0 Å². The third-order valence-corrected chi connectivity index (χ3v) is 5.19.